The lowest BCUT2D eigenvalue weighted by molar-refractivity contribution is -0.121. The molecule has 0 bridgehead atoms. The van der Waals surface area contributed by atoms with E-state index in [9.17, 15) is 4.79 Å². The van der Waals surface area contributed by atoms with E-state index >= 15 is 0 Å². The topological polar surface area (TPSA) is 59.3 Å². The van der Waals surface area contributed by atoms with Gasteiger partial charge < -0.3 is 5.32 Å². The number of hydrogen-bond donors (Lipinski definition) is 1. The van der Waals surface area contributed by atoms with Gasteiger partial charge in [-0.05, 0) is 17.7 Å². The fourth-order valence-electron chi connectivity index (χ4n) is 2.11. The second-order valence-corrected chi connectivity index (χ2v) is 4.04. The second kappa shape index (κ2) is 3.68. The van der Waals surface area contributed by atoms with E-state index in [1.807, 2.05) is 18.3 Å². The van der Waals surface area contributed by atoms with Gasteiger partial charge in [0.2, 0.25) is 0 Å². The number of nitrogens with one attached hydrogen (secondary N) is 1. The Labute approximate surface area is 92.5 Å². The lowest BCUT2D eigenvalue weighted by atomic mass is 9.91. The molecule has 0 aromatic carbocycles. The summed E-state index contributed by atoms with van der Waals surface area (Å²) in [5.41, 5.74) is 1.97. The van der Waals surface area contributed by atoms with Crippen LogP contribution in [0.1, 0.15) is 17.9 Å². The minimum Gasteiger partial charge on any atom is -0.315 e. The summed E-state index contributed by atoms with van der Waals surface area (Å²) in [6, 6.07) is 3.92. The molecule has 0 amide bonds. The van der Waals surface area contributed by atoms with Gasteiger partial charge in [-0.2, -0.15) is 0 Å². The molecule has 1 N–H and O–H groups in total. The molecule has 2 aromatic heterocycles. The van der Waals surface area contributed by atoms with Crippen molar-refractivity contribution in [1.82, 2.24) is 20.1 Å². The third-order valence-electron chi connectivity index (χ3n) is 3.01. The lowest BCUT2D eigenvalue weighted by Crippen LogP contribution is -2.35. The maximum absolute atomic E-state index is 11.8. The van der Waals surface area contributed by atoms with Gasteiger partial charge in [0.05, 0.1) is 17.6 Å². The number of nitrogens with zero attached hydrogens (tertiary/aromatic N) is 3. The number of aromatic nitrogens is 3. The molecule has 82 valence electrons. The molecule has 0 radical (unpaired) electrons. The quantitative estimate of drug-likeness (QED) is 0.748. The Balaban J connectivity index is 2.00. The van der Waals surface area contributed by atoms with Gasteiger partial charge in [0, 0.05) is 25.7 Å². The number of piperidine rings is 1. The minimum atomic E-state index is -0.0198. The Morgan fingerprint density at radius 2 is 2.44 bits per heavy atom. The third kappa shape index (κ3) is 1.49. The fraction of sp³-hybridized carbons (Fsp3) is 0.364. The van der Waals surface area contributed by atoms with E-state index < -0.39 is 0 Å². The maximum Gasteiger partial charge on any atom is 0.142 e. The molecule has 1 fully saturated rings. The number of carbonyl (C=O) groups is 1. The summed E-state index contributed by atoms with van der Waals surface area (Å²) in [5.74, 6) is 0.296. The van der Waals surface area contributed by atoms with E-state index in [1.165, 1.54) is 0 Å². The molecule has 1 atom stereocenters. The van der Waals surface area contributed by atoms with Gasteiger partial charge >= 0.3 is 0 Å². The highest BCUT2D eigenvalue weighted by Gasteiger charge is 2.23. The molecule has 5 nitrogen and oxygen atoms in total. The first-order valence-electron chi connectivity index (χ1n) is 5.38. The summed E-state index contributed by atoms with van der Waals surface area (Å²) in [6.45, 7) is 1.53. The van der Waals surface area contributed by atoms with Crippen molar-refractivity contribution in [1.29, 1.82) is 0 Å². The van der Waals surface area contributed by atoms with Crippen molar-refractivity contribution in [3.8, 4) is 0 Å². The Hall–Kier alpha value is -1.75. The van der Waals surface area contributed by atoms with Crippen LogP contribution in [0, 0.1) is 0 Å². The van der Waals surface area contributed by atoms with E-state index in [1.54, 1.807) is 10.7 Å². The first-order valence-corrected chi connectivity index (χ1v) is 5.38. The average Bonchev–Trinajstić information content (AvgIpc) is 2.76. The smallest absolute Gasteiger partial charge is 0.142 e. The molecule has 1 saturated heterocycles. The molecule has 3 rings (SSSR count). The number of fused-ring (bicyclic) bond motifs is 1. The van der Waals surface area contributed by atoms with Crippen LogP contribution in [0.25, 0.3) is 5.52 Å². The average molecular weight is 216 g/mol. The number of pyridine rings is 1. The van der Waals surface area contributed by atoms with Crippen LogP contribution in [-0.2, 0) is 4.79 Å². The molecule has 1 aliphatic heterocycles. The molecule has 0 saturated carbocycles. The van der Waals surface area contributed by atoms with Gasteiger partial charge in [-0.3, -0.25) is 4.79 Å². The molecule has 0 spiro atoms. The van der Waals surface area contributed by atoms with E-state index in [-0.39, 0.29) is 5.92 Å². The molecular weight excluding hydrogens is 204 g/mol. The molecule has 2 aromatic rings. The largest absolute Gasteiger partial charge is 0.315 e. The normalized spacial score (nSPS) is 21.5. The fourth-order valence-corrected chi connectivity index (χ4v) is 2.11. The van der Waals surface area contributed by atoms with Gasteiger partial charge in [-0.25, -0.2) is 4.52 Å². The number of carbonyl (C=O) groups excluding carboxylic acids is 1. The monoisotopic (exact) mass is 216 g/mol. The summed E-state index contributed by atoms with van der Waals surface area (Å²) in [7, 11) is 0. The standard InChI is InChI=1S/C11H12N4O/c16-11-1-3-12-7-10(11)8-2-4-15-9(5-8)6-13-14-15/h2,4-6,10,12H,1,3,7H2. The number of rotatable bonds is 1. The molecule has 0 aliphatic carbocycles. The zero-order chi connectivity index (χ0) is 11.0. The van der Waals surface area contributed by atoms with Gasteiger partial charge in [0.25, 0.3) is 0 Å². The van der Waals surface area contributed by atoms with Crippen LogP contribution in [0.4, 0.5) is 0 Å². The maximum atomic E-state index is 11.8. The Morgan fingerprint density at radius 1 is 1.50 bits per heavy atom. The second-order valence-electron chi connectivity index (χ2n) is 4.04. The predicted octanol–water partition coefficient (Wildman–Crippen LogP) is 0.375. The van der Waals surface area contributed by atoms with Crippen molar-refractivity contribution >= 4 is 11.3 Å². The van der Waals surface area contributed by atoms with Gasteiger partial charge in [-0.1, -0.05) is 5.21 Å². The van der Waals surface area contributed by atoms with Crippen molar-refractivity contribution in [2.75, 3.05) is 13.1 Å². The molecular formula is C11H12N4O. The Bertz CT molecular complexity index is 534. The highest BCUT2D eigenvalue weighted by molar-refractivity contribution is 5.87. The zero-order valence-electron chi connectivity index (χ0n) is 8.76. The first-order chi connectivity index (χ1) is 7.84. The summed E-state index contributed by atoms with van der Waals surface area (Å²) in [5, 5.41) is 11.0. The van der Waals surface area contributed by atoms with Crippen molar-refractivity contribution < 1.29 is 4.79 Å². The lowest BCUT2D eigenvalue weighted by Gasteiger charge is -2.21. The number of Topliss-reactive ketones (excluding diaryl/α,β-unsaturated/α-hetero) is 1. The van der Waals surface area contributed by atoms with E-state index in [4.69, 9.17) is 0 Å². The van der Waals surface area contributed by atoms with Crippen LogP contribution in [0.2, 0.25) is 0 Å². The molecule has 5 heteroatoms. The van der Waals surface area contributed by atoms with Crippen molar-refractivity contribution in [3.63, 3.8) is 0 Å². The predicted molar refractivity (Wildman–Crippen MR) is 58.2 cm³/mol. The summed E-state index contributed by atoms with van der Waals surface area (Å²) >= 11 is 0. The van der Waals surface area contributed by atoms with Crippen molar-refractivity contribution in [2.24, 2.45) is 0 Å². The van der Waals surface area contributed by atoms with Crippen LogP contribution in [-0.4, -0.2) is 33.7 Å². The number of ketones is 1. The van der Waals surface area contributed by atoms with Crippen LogP contribution in [0.3, 0.4) is 0 Å². The summed E-state index contributed by atoms with van der Waals surface area (Å²) in [6.07, 6.45) is 4.16. The van der Waals surface area contributed by atoms with Crippen LogP contribution < -0.4 is 5.32 Å². The molecule has 16 heavy (non-hydrogen) atoms. The Morgan fingerprint density at radius 3 is 3.31 bits per heavy atom. The van der Waals surface area contributed by atoms with Gasteiger partial charge in [0.1, 0.15) is 5.78 Å². The highest BCUT2D eigenvalue weighted by atomic mass is 16.1. The van der Waals surface area contributed by atoms with Crippen LogP contribution in [0.5, 0.6) is 0 Å². The van der Waals surface area contributed by atoms with Gasteiger partial charge in [0.15, 0.2) is 0 Å². The van der Waals surface area contributed by atoms with Crippen molar-refractivity contribution in [2.45, 2.75) is 12.3 Å². The van der Waals surface area contributed by atoms with E-state index in [0.717, 1.165) is 24.2 Å². The van der Waals surface area contributed by atoms with Crippen LogP contribution >= 0.6 is 0 Å². The number of hydrogen-bond acceptors (Lipinski definition) is 4. The molecule has 3 heterocycles. The van der Waals surface area contributed by atoms with E-state index in [2.05, 4.69) is 15.6 Å². The third-order valence-corrected chi connectivity index (χ3v) is 3.01. The summed E-state index contributed by atoms with van der Waals surface area (Å²) < 4.78 is 1.70. The zero-order valence-corrected chi connectivity index (χ0v) is 8.76. The SMILES string of the molecule is O=C1CCNCC1c1ccn2nncc2c1. The van der Waals surface area contributed by atoms with Crippen molar-refractivity contribution in [3.05, 3.63) is 30.1 Å². The highest BCUT2D eigenvalue weighted by Crippen LogP contribution is 2.21. The molecule has 1 unspecified atom stereocenters. The Kier molecular flexibility index (Phi) is 2.18. The molecule has 1 aliphatic rings. The first kappa shape index (κ1) is 9.47. The minimum absolute atomic E-state index is 0.0198. The van der Waals surface area contributed by atoms with Crippen LogP contribution in [0.15, 0.2) is 24.5 Å². The van der Waals surface area contributed by atoms with Gasteiger partial charge in [-0.15, -0.1) is 5.10 Å². The summed E-state index contributed by atoms with van der Waals surface area (Å²) in [4.78, 5) is 11.8. The van der Waals surface area contributed by atoms with E-state index in [0.29, 0.717) is 12.2 Å².